The molecule has 2 N–H and O–H groups in total. The summed E-state index contributed by atoms with van der Waals surface area (Å²) in [6, 6.07) is 9.99. The minimum atomic E-state index is -0.566. The highest BCUT2D eigenvalue weighted by Gasteiger charge is 2.41. The normalized spacial score (nSPS) is 26.1. The predicted molar refractivity (Wildman–Crippen MR) is 107 cm³/mol. The molecule has 1 aromatic rings. The number of benzene rings is 1. The SMILES string of the molecule is CC(=O)NC[C@]1(c2ccccc2)CC[C@@H](O)[C@H](N(C)C(=O)C(C)(C)C)CC1. The van der Waals surface area contributed by atoms with Crippen LogP contribution < -0.4 is 5.32 Å². The van der Waals surface area contributed by atoms with Gasteiger partial charge in [-0.3, -0.25) is 9.59 Å². The van der Waals surface area contributed by atoms with Crippen LogP contribution in [0.25, 0.3) is 0 Å². The lowest BCUT2D eigenvalue weighted by atomic mass is 9.74. The van der Waals surface area contributed by atoms with Gasteiger partial charge >= 0.3 is 0 Å². The molecule has 3 atom stereocenters. The topological polar surface area (TPSA) is 69.6 Å². The minimum Gasteiger partial charge on any atom is -0.391 e. The second kappa shape index (κ2) is 8.42. The maximum absolute atomic E-state index is 12.7. The first-order valence-electron chi connectivity index (χ1n) is 9.82. The summed E-state index contributed by atoms with van der Waals surface area (Å²) in [6.45, 7) is 7.78. The Labute approximate surface area is 163 Å². The largest absolute Gasteiger partial charge is 0.391 e. The molecule has 0 aromatic heterocycles. The van der Waals surface area contributed by atoms with E-state index in [1.54, 1.807) is 11.9 Å². The fourth-order valence-corrected chi connectivity index (χ4v) is 4.14. The summed E-state index contributed by atoms with van der Waals surface area (Å²) < 4.78 is 0. The Hall–Kier alpha value is -1.88. The summed E-state index contributed by atoms with van der Waals surface area (Å²) in [7, 11) is 1.80. The molecule has 1 fully saturated rings. The summed E-state index contributed by atoms with van der Waals surface area (Å²) >= 11 is 0. The van der Waals surface area contributed by atoms with Crippen molar-refractivity contribution in [2.24, 2.45) is 5.41 Å². The van der Waals surface area contributed by atoms with Gasteiger partial charge in [-0.2, -0.15) is 0 Å². The number of aliphatic hydroxyl groups is 1. The molecule has 1 saturated carbocycles. The van der Waals surface area contributed by atoms with Crippen molar-refractivity contribution in [2.75, 3.05) is 13.6 Å². The average molecular weight is 375 g/mol. The number of nitrogens with zero attached hydrogens (tertiary/aromatic N) is 1. The van der Waals surface area contributed by atoms with Gasteiger partial charge in [0.2, 0.25) is 11.8 Å². The highest BCUT2D eigenvalue weighted by atomic mass is 16.3. The first-order valence-corrected chi connectivity index (χ1v) is 9.82. The number of amides is 2. The third-order valence-electron chi connectivity index (χ3n) is 5.80. The third kappa shape index (κ3) is 5.10. The van der Waals surface area contributed by atoms with Crippen LogP contribution in [-0.4, -0.2) is 47.6 Å². The molecule has 0 spiro atoms. The van der Waals surface area contributed by atoms with Crippen LogP contribution >= 0.6 is 0 Å². The number of hydrogen-bond acceptors (Lipinski definition) is 3. The Morgan fingerprint density at radius 1 is 1.19 bits per heavy atom. The van der Waals surface area contributed by atoms with Crippen LogP contribution in [-0.2, 0) is 15.0 Å². The van der Waals surface area contributed by atoms with Gasteiger partial charge in [-0.05, 0) is 31.2 Å². The molecule has 5 heteroatoms. The van der Waals surface area contributed by atoms with Crippen molar-refractivity contribution in [1.82, 2.24) is 10.2 Å². The van der Waals surface area contributed by atoms with Crippen LogP contribution in [0.15, 0.2) is 30.3 Å². The Kier molecular flexibility index (Phi) is 6.68. The smallest absolute Gasteiger partial charge is 0.228 e. The van der Waals surface area contributed by atoms with Crippen LogP contribution in [0, 0.1) is 5.41 Å². The molecule has 1 aliphatic rings. The number of aliphatic hydroxyl groups excluding tert-OH is 1. The lowest BCUT2D eigenvalue weighted by Gasteiger charge is -2.36. The van der Waals surface area contributed by atoms with E-state index in [1.807, 2.05) is 39.0 Å². The molecule has 0 heterocycles. The number of carbonyl (C=O) groups excluding carboxylic acids is 2. The molecule has 0 radical (unpaired) electrons. The maximum atomic E-state index is 12.7. The first kappa shape index (κ1) is 21.4. The van der Waals surface area contributed by atoms with Crippen molar-refractivity contribution in [2.45, 2.75) is 70.9 Å². The lowest BCUT2D eigenvalue weighted by Crippen LogP contribution is -2.48. The Morgan fingerprint density at radius 2 is 1.78 bits per heavy atom. The molecule has 5 nitrogen and oxygen atoms in total. The zero-order valence-corrected chi connectivity index (χ0v) is 17.3. The van der Waals surface area contributed by atoms with Gasteiger partial charge in [0, 0.05) is 31.3 Å². The van der Waals surface area contributed by atoms with E-state index < -0.39 is 11.5 Å². The molecule has 2 amide bonds. The molecule has 0 aliphatic heterocycles. The van der Waals surface area contributed by atoms with Crippen molar-refractivity contribution >= 4 is 11.8 Å². The molecule has 27 heavy (non-hydrogen) atoms. The molecule has 1 aliphatic carbocycles. The lowest BCUT2D eigenvalue weighted by molar-refractivity contribution is -0.142. The molecule has 0 saturated heterocycles. The van der Waals surface area contributed by atoms with Gasteiger partial charge in [-0.15, -0.1) is 0 Å². The summed E-state index contributed by atoms with van der Waals surface area (Å²) in [6.07, 6.45) is 2.31. The van der Waals surface area contributed by atoms with E-state index in [2.05, 4.69) is 17.4 Å². The monoisotopic (exact) mass is 374 g/mol. The van der Waals surface area contributed by atoms with Gasteiger partial charge in [-0.25, -0.2) is 0 Å². The van der Waals surface area contributed by atoms with Crippen LogP contribution in [0.3, 0.4) is 0 Å². The van der Waals surface area contributed by atoms with Crippen molar-refractivity contribution in [3.05, 3.63) is 35.9 Å². The highest BCUT2D eigenvalue weighted by molar-refractivity contribution is 5.81. The zero-order valence-electron chi connectivity index (χ0n) is 17.3. The number of carbonyl (C=O) groups is 2. The van der Waals surface area contributed by atoms with Gasteiger partial charge in [0.15, 0.2) is 0 Å². The molecular formula is C22H34N2O3. The Balaban J connectivity index is 2.28. The summed E-state index contributed by atoms with van der Waals surface area (Å²) in [5.74, 6) is -0.00713. The van der Waals surface area contributed by atoms with E-state index >= 15 is 0 Å². The van der Waals surface area contributed by atoms with E-state index in [0.717, 1.165) is 12.8 Å². The van der Waals surface area contributed by atoms with Crippen LogP contribution in [0.2, 0.25) is 0 Å². The van der Waals surface area contributed by atoms with Crippen LogP contribution in [0.4, 0.5) is 0 Å². The maximum Gasteiger partial charge on any atom is 0.228 e. The van der Waals surface area contributed by atoms with Crippen molar-refractivity contribution in [3.63, 3.8) is 0 Å². The van der Waals surface area contributed by atoms with Gasteiger partial charge in [0.1, 0.15) is 0 Å². The van der Waals surface area contributed by atoms with Gasteiger partial charge in [0.05, 0.1) is 12.1 Å². The molecule has 0 unspecified atom stereocenters. The van der Waals surface area contributed by atoms with Crippen molar-refractivity contribution in [3.8, 4) is 0 Å². The average Bonchev–Trinajstić information content (AvgIpc) is 2.79. The van der Waals surface area contributed by atoms with E-state index in [9.17, 15) is 14.7 Å². The highest BCUT2D eigenvalue weighted by Crippen LogP contribution is 2.39. The standard InChI is InChI=1S/C22H34N2O3/c1-16(25)23-15-22(17-9-7-6-8-10-17)13-11-18(19(26)12-14-22)24(5)20(27)21(2,3)4/h6-10,18-19,26H,11-15H2,1-5H3,(H,23,25)/t18-,19-,22-/m1/s1. The fraction of sp³-hybridized carbons (Fsp3) is 0.636. The molecular weight excluding hydrogens is 340 g/mol. The number of rotatable bonds is 4. The second-order valence-electron chi connectivity index (χ2n) is 8.93. The number of likely N-dealkylation sites (N-methyl/N-ethyl adjacent to an activating group) is 1. The van der Waals surface area contributed by atoms with Crippen LogP contribution in [0.1, 0.15) is 58.9 Å². The minimum absolute atomic E-state index is 0.0422. The predicted octanol–water partition coefficient (Wildman–Crippen LogP) is 2.87. The van der Waals surface area contributed by atoms with Gasteiger partial charge < -0.3 is 15.3 Å². The third-order valence-corrected chi connectivity index (χ3v) is 5.80. The van der Waals surface area contributed by atoms with E-state index in [4.69, 9.17) is 0 Å². The number of nitrogens with one attached hydrogen (secondary N) is 1. The van der Waals surface area contributed by atoms with Crippen molar-refractivity contribution in [1.29, 1.82) is 0 Å². The Morgan fingerprint density at radius 3 is 2.33 bits per heavy atom. The Bertz CT molecular complexity index is 653. The van der Waals surface area contributed by atoms with Gasteiger partial charge in [0.25, 0.3) is 0 Å². The molecule has 2 rings (SSSR count). The van der Waals surface area contributed by atoms with Crippen molar-refractivity contribution < 1.29 is 14.7 Å². The summed E-state index contributed by atoms with van der Waals surface area (Å²) in [5, 5.41) is 13.8. The first-order chi connectivity index (χ1) is 12.6. The number of hydrogen-bond donors (Lipinski definition) is 2. The summed E-state index contributed by atoms with van der Waals surface area (Å²) in [5.41, 5.74) is 0.471. The fourth-order valence-electron chi connectivity index (χ4n) is 4.14. The van der Waals surface area contributed by atoms with E-state index in [0.29, 0.717) is 19.4 Å². The summed E-state index contributed by atoms with van der Waals surface area (Å²) in [4.78, 5) is 26.0. The quantitative estimate of drug-likeness (QED) is 0.796. The van der Waals surface area contributed by atoms with E-state index in [-0.39, 0.29) is 23.3 Å². The molecule has 1 aromatic carbocycles. The zero-order chi connectivity index (χ0) is 20.2. The van der Waals surface area contributed by atoms with Crippen LogP contribution in [0.5, 0.6) is 0 Å². The molecule has 150 valence electrons. The second-order valence-corrected chi connectivity index (χ2v) is 8.93. The molecule has 0 bridgehead atoms. The van der Waals surface area contributed by atoms with E-state index in [1.165, 1.54) is 12.5 Å². The van der Waals surface area contributed by atoms with Gasteiger partial charge in [-0.1, -0.05) is 51.1 Å².